The van der Waals surface area contributed by atoms with Gasteiger partial charge in [0.15, 0.2) is 0 Å². The quantitative estimate of drug-likeness (QED) is 0.826. The van der Waals surface area contributed by atoms with Crippen LogP contribution in [0.2, 0.25) is 0 Å². The fraction of sp³-hybridized carbons (Fsp3) is 0.571. The van der Waals surface area contributed by atoms with Crippen LogP contribution in [0.4, 0.5) is 0 Å². The number of aliphatic hydroxyl groups is 1. The maximum absolute atomic E-state index is 9.37. The lowest BCUT2D eigenvalue weighted by atomic mass is 9.93. The lowest BCUT2D eigenvalue weighted by Crippen LogP contribution is -2.21. The van der Waals surface area contributed by atoms with Crippen molar-refractivity contribution in [3.05, 3.63) is 28.8 Å². The van der Waals surface area contributed by atoms with Crippen LogP contribution in [0.5, 0.6) is 5.75 Å². The van der Waals surface area contributed by atoms with Gasteiger partial charge in [-0.2, -0.15) is 0 Å². The van der Waals surface area contributed by atoms with Gasteiger partial charge in [-0.3, -0.25) is 0 Å². The maximum Gasteiger partial charge on any atom is 0.122 e. The number of likely N-dealkylation sites (N-methyl/N-ethyl adjacent to an activating group) is 1. The molecule has 0 saturated heterocycles. The highest BCUT2D eigenvalue weighted by Crippen LogP contribution is 2.31. The number of aliphatic hydroxyl groups excluding tert-OH is 1. The van der Waals surface area contributed by atoms with E-state index in [2.05, 4.69) is 25.2 Å². The number of rotatable bonds is 5. The summed E-state index contributed by atoms with van der Waals surface area (Å²) in [4.78, 5) is 0. The Hall–Kier alpha value is -1.06. The minimum Gasteiger partial charge on any atom is -0.496 e. The van der Waals surface area contributed by atoms with Gasteiger partial charge in [-0.05, 0) is 48.7 Å². The fourth-order valence-electron chi connectivity index (χ4n) is 2.06. The molecule has 17 heavy (non-hydrogen) atoms. The third-order valence-corrected chi connectivity index (χ3v) is 3.15. The first-order valence-corrected chi connectivity index (χ1v) is 6.01. The van der Waals surface area contributed by atoms with Crippen LogP contribution in [-0.4, -0.2) is 25.9 Å². The molecule has 0 fully saturated rings. The second-order valence-electron chi connectivity index (χ2n) is 4.63. The molecule has 3 nitrogen and oxygen atoms in total. The largest absolute Gasteiger partial charge is 0.496 e. The van der Waals surface area contributed by atoms with E-state index in [1.807, 2.05) is 20.0 Å². The normalized spacial score (nSPS) is 12.9. The lowest BCUT2D eigenvalue weighted by molar-refractivity contribution is 0.250. The molecule has 1 aromatic rings. The van der Waals surface area contributed by atoms with Crippen molar-refractivity contribution in [1.29, 1.82) is 0 Å². The molecule has 0 heterocycles. The molecule has 1 unspecified atom stereocenters. The van der Waals surface area contributed by atoms with Crippen LogP contribution in [0.1, 0.15) is 42.5 Å². The van der Waals surface area contributed by atoms with Crippen molar-refractivity contribution in [3.63, 3.8) is 0 Å². The van der Waals surface area contributed by atoms with Crippen LogP contribution in [0.3, 0.4) is 0 Å². The van der Waals surface area contributed by atoms with Gasteiger partial charge in [-0.25, -0.2) is 0 Å². The lowest BCUT2D eigenvalue weighted by Gasteiger charge is -2.21. The van der Waals surface area contributed by atoms with Gasteiger partial charge in [0.2, 0.25) is 0 Å². The first kappa shape index (κ1) is 14.0. The molecule has 0 bridgehead atoms. The van der Waals surface area contributed by atoms with E-state index in [9.17, 15) is 5.11 Å². The molecule has 0 aliphatic carbocycles. The number of methoxy groups -OCH3 is 1. The molecule has 0 aromatic heterocycles. The molecular weight excluding hydrogens is 214 g/mol. The molecule has 3 heteroatoms. The van der Waals surface area contributed by atoms with Gasteiger partial charge >= 0.3 is 0 Å². The van der Waals surface area contributed by atoms with Crippen LogP contribution in [0.25, 0.3) is 0 Å². The van der Waals surface area contributed by atoms with Gasteiger partial charge in [-0.1, -0.05) is 13.8 Å². The molecule has 2 N–H and O–H groups in total. The summed E-state index contributed by atoms with van der Waals surface area (Å²) >= 11 is 0. The van der Waals surface area contributed by atoms with Gasteiger partial charge in [-0.15, -0.1) is 0 Å². The minimum absolute atomic E-state index is 0.0154. The SMILES string of the molecule is CNC(CO)c1cc(C(C)C)c(OC)cc1C. The highest BCUT2D eigenvalue weighted by atomic mass is 16.5. The Labute approximate surface area is 104 Å². The minimum atomic E-state index is -0.0154. The van der Waals surface area contributed by atoms with Crippen molar-refractivity contribution in [2.75, 3.05) is 20.8 Å². The third kappa shape index (κ3) is 2.99. The Morgan fingerprint density at radius 1 is 1.29 bits per heavy atom. The summed E-state index contributed by atoms with van der Waals surface area (Å²) in [6.45, 7) is 6.43. The molecular formula is C14H23NO2. The Balaban J connectivity index is 3.28. The smallest absolute Gasteiger partial charge is 0.122 e. The van der Waals surface area contributed by atoms with E-state index in [1.54, 1.807) is 7.11 Å². The summed E-state index contributed by atoms with van der Waals surface area (Å²) in [6, 6.07) is 4.17. The van der Waals surface area contributed by atoms with Gasteiger partial charge < -0.3 is 15.2 Å². The van der Waals surface area contributed by atoms with Gasteiger partial charge in [0.25, 0.3) is 0 Å². The van der Waals surface area contributed by atoms with E-state index < -0.39 is 0 Å². The molecule has 96 valence electrons. The number of ether oxygens (including phenoxy) is 1. The van der Waals surface area contributed by atoms with E-state index in [1.165, 1.54) is 5.56 Å². The standard InChI is InChI=1S/C14H23NO2/c1-9(2)11-7-12(13(8-16)15-4)10(3)6-14(11)17-5/h6-7,9,13,15-16H,8H2,1-5H3. The predicted octanol–water partition coefficient (Wildman–Crippen LogP) is 2.38. The molecule has 1 atom stereocenters. The van der Waals surface area contributed by atoms with Gasteiger partial charge in [0.1, 0.15) is 5.75 Å². The first-order valence-electron chi connectivity index (χ1n) is 6.01. The van der Waals surface area contributed by atoms with Crippen LogP contribution < -0.4 is 10.1 Å². The predicted molar refractivity (Wildman–Crippen MR) is 70.7 cm³/mol. The monoisotopic (exact) mass is 237 g/mol. The Morgan fingerprint density at radius 3 is 2.35 bits per heavy atom. The number of nitrogens with one attached hydrogen (secondary N) is 1. The Morgan fingerprint density at radius 2 is 1.94 bits per heavy atom. The second-order valence-corrected chi connectivity index (χ2v) is 4.63. The van der Waals surface area contributed by atoms with Crippen LogP contribution >= 0.6 is 0 Å². The average molecular weight is 237 g/mol. The zero-order chi connectivity index (χ0) is 13.0. The van der Waals surface area contributed by atoms with Crippen LogP contribution in [0.15, 0.2) is 12.1 Å². The van der Waals surface area contributed by atoms with E-state index in [0.29, 0.717) is 5.92 Å². The van der Waals surface area contributed by atoms with E-state index >= 15 is 0 Å². The number of aryl methyl sites for hydroxylation is 1. The van der Waals surface area contributed by atoms with Crippen LogP contribution in [-0.2, 0) is 0 Å². The molecule has 1 aromatic carbocycles. The van der Waals surface area contributed by atoms with E-state index in [4.69, 9.17) is 4.74 Å². The summed E-state index contributed by atoms with van der Waals surface area (Å²) in [7, 11) is 3.56. The molecule has 0 aliphatic rings. The zero-order valence-electron chi connectivity index (χ0n) is 11.4. The number of hydrogen-bond donors (Lipinski definition) is 2. The number of benzene rings is 1. The first-order chi connectivity index (χ1) is 8.04. The summed E-state index contributed by atoms with van der Waals surface area (Å²) in [5.41, 5.74) is 3.46. The molecule has 0 saturated carbocycles. The summed E-state index contributed by atoms with van der Waals surface area (Å²) in [6.07, 6.45) is 0. The number of hydrogen-bond acceptors (Lipinski definition) is 3. The molecule has 0 amide bonds. The molecule has 1 rings (SSSR count). The van der Waals surface area contributed by atoms with Crippen molar-refractivity contribution in [2.45, 2.75) is 32.7 Å². The molecule has 0 spiro atoms. The highest BCUT2D eigenvalue weighted by Gasteiger charge is 2.16. The maximum atomic E-state index is 9.37. The van der Waals surface area contributed by atoms with Crippen molar-refractivity contribution in [2.24, 2.45) is 0 Å². The summed E-state index contributed by atoms with van der Waals surface area (Å²) < 4.78 is 5.41. The van der Waals surface area contributed by atoms with Crippen LogP contribution in [0, 0.1) is 6.92 Å². The average Bonchev–Trinajstić information content (AvgIpc) is 2.31. The molecule has 0 radical (unpaired) electrons. The van der Waals surface area contributed by atoms with Crippen molar-refractivity contribution < 1.29 is 9.84 Å². The van der Waals surface area contributed by atoms with E-state index in [0.717, 1.165) is 16.9 Å². The summed E-state index contributed by atoms with van der Waals surface area (Å²) in [5.74, 6) is 1.33. The van der Waals surface area contributed by atoms with E-state index in [-0.39, 0.29) is 12.6 Å². The van der Waals surface area contributed by atoms with Gasteiger partial charge in [0.05, 0.1) is 19.8 Å². The second kappa shape index (κ2) is 6.03. The zero-order valence-corrected chi connectivity index (χ0v) is 11.4. The Bertz CT molecular complexity index is 371. The third-order valence-electron chi connectivity index (χ3n) is 3.15. The Kier molecular flexibility index (Phi) is 4.97. The van der Waals surface area contributed by atoms with Crippen molar-refractivity contribution in [3.8, 4) is 5.75 Å². The van der Waals surface area contributed by atoms with Crippen molar-refractivity contribution in [1.82, 2.24) is 5.32 Å². The fourth-order valence-corrected chi connectivity index (χ4v) is 2.06. The molecule has 0 aliphatic heterocycles. The van der Waals surface area contributed by atoms with Crippen molar-refractivity contribution >= 4 is 0 Å². The summed E-state index contributed by atoms with van der Waals surface area (Å²) in [5, 5.41) is 12.5. The topological polar surface area (TPSA) is 41.5 Å². The van der Waals surface area contributed by atoms with Gasteiger partial charge in [0, 0.05) is 0 Å². The highest BCUT2D eigenvalue weighted by molar-refractivity contribution is 5.45.